The first-order chi connectivity index (χ1) is 8.09. The van der Waals surface area contributed by atoms with Crippen LogP contribution in [0, 0.1) is 11.3 Å². The van der Waals surface area contributed by atoms with E-state index in [0.29, 0.717) is 12.8 Å². The number of rotatable bonds is 4. The normalized spacial score (nSPS) is 24.8. The third-order valence-electron chi connectivity index (χ3n) is 2.96. The lowest BCUT2D eigenvalue weighted by atomic mass is 9.89. The zero-order valence-corrected chi connectivity index (χ0v) is 12.1. The van der Waals surface area contributed by atoms with Crippen LogP contribution in [0.4, 0.5) is 0 Å². The molecule has 2 atom stereocenters. The maximum Gasteiger partial charge on any atom is 0.224 e. The van der Waals surface area contributed by atoms with Crippen molar-refractivity contribution in [3.8, 4) is 0 Å². The van der Waals surface area contributed by atoms with E-state index in [1.807, 2.05) is 20.8 Å². The van der Waals surface area contributed by atoms with Crippen LogP contribution >= 0.6 is 0 Å². The van der Waals surface area contributed by atoms with Crippen LogP contribution in [-0.4, -0.2) is 43.6 Å². The summed E-state index contributed by atoms with van der Waals surface area (Å²) in [7, 11) is -3.03. The van der Waals surface area contributed by atoms with Crippen molar-refractivity contribution in [3.05, 3.63) is 0 Å². The first kappa shape index (κ1) is 15.4. The van der Waals surface area contributed by atoms with Gasteiger partial charge in [0.15, 0.2) is 9.84 Å². The van der Waals surface area contributed by atoms with Crippen molar-refractivity contribution in [3.63, 3.8) is 0 Å². The summed E-state index contributed by atoms with van der Waals surface area (Å²) < 4.78 is 22.5. The Kier molecular flexibility index (Phi) is 4.78. The molecule has 1 aliphatic rings. The Balaban J connectivity index is 2.34. The van der Waals surface area contributed by atoms with E-state index in [-0.39, 0.29) is 29.4 Å². The number of hydrogen-bond acceptors (Lipinski definition) is 4. The van der Waals surface area contributed by atoms with Gasteiger partial charge in [-0.05, 0) is 18.3 Å². The number of aliphatic hydroxyl groups excluding tert-OH is 1. The molecule has 1 heterocycles. The maximum atomic E-state index is 11.7. The van der Waals surface area contributed by atoms with Crippen molar-refractivity contribution in [1.29, 1.82) is 0 Å². The van der Waals surface area contributed by atoms with Crippen molar-refractivity contribution in [2.45, 2.75) is 39.7 Å². The second-order valence-corrected chi connectivity index (χ2v) is 8.49. The van der Waals surface area contributed by atoms with Gasteiger partial charge in [0.25, 0.3) is 0 Å². The standard InChI is InChI=1S/C12H23NO4S/c1-12(2,3)6-10(14)7-13-11(15)9-4-5-18(16,17)8-9/h9-10,14H,4-8H2,1-3H3,(H,13,15). The molecule has 0 aromatic rings. The van der Waals surface area contributed by atoms with Gasteiger partial charge in [0, 0.05) is 6.54 Å². The molecule has 18 heavy (non-hydrogen) atoms. The van der Waals surface area contributed by atoms with Crippen LogP contribution in [0.2, 0.25) is 0 Å². The summed E-state index contributed by atoms with van der Waals surface area (Å²) in [6, 6.07) is 0. The Hall–Kier alpha value is -0.620. The van der Waals surface area contributed by atoms with E-state index in [9.17, 15) is 18.3 Å². The van der Waals surface area contributed by atoms with Crippen LogP contribution in [0.5, 0.6) is 0 Å². The number of carbonyl (C=O) groups excluding carboxylic acids is 1. The van der Waals surface area contributed by atoms with Gasteiger partial charge in [0.05, 0.1) is 23.5 Å². The largest absolute Gasteiger partial charge is 0.391 e. The van der Waals surface area contributed by atoms with E-state index in [4.69, 9.17) is 0 Å². The van der Waals surface area contributed by atoms with Gasteiger partial charge in [-0.2, -0.15) is 0 Å². The number of sulfone groups is 1. The van der Waals surface area contributed by atoms with Gasteiger partial charge in [-0.25, -0.2) is 8.42 Å². The average Bonchev–Trinajstić information content (AvgIpc) is 2.52. The molecule has 0 aromatic carbocycles. The van der Waals surface area contributed by atoms with Gasteiger partial charge in [-0.15, -0.1) is 0 Å². The van der Waals surface area contributed by atoms with Gasteiger partial charge >= 0.3 is 0 Å². The predicted octanol–water partition coefficient (Wildman–Crippen LogP) is 0.334. The third-order valence-corrected chi connectivity index (χ3v) is 4.73. The minimum absolute atomic E-state index is 0.000835. The van der Waals surface area contributed by atoms with Crippen LogP contribution in [0.1, 0.15) is 33.6 Å². The molecule has 5 nitrogen and oxygen atoms in total. The molecular weight excluding hydrogens is 254 g/mol. The molecule has 1 aliphatic heterocycles. The molecule has 0 aliphatic carbocycles. The quantitative estimate of drug-likeness (QED) is 0.776. The fraction of sp³-hybridized carbons (Fsp3) is 0.917. The van der Waals surface area contributed by atoms with Crippen molar-refractivity contribution >= 4 is 15.7 Å². The number of aliphatic hydroxyl groups is 1. The molecule has 106 valence electrons. The average molecular weight is 277 g/mol. The highest BCUT2D eigenvalue weighted by atomic mass is 32.2. The minimum Gasteiger partial charge on any atom is -0.391 e. The van der Waals surface area contributed by atoms with Crippen molar-refractivity contribution in [2.75, 3.05) is 18.1 Å². The molecule has 1 fully saturated rings. The fourth-order valence-corrected chi connectivity index (χ4v) is 3.88. The lowest BCUT2D eigenvalue weighted by molar-refractivity contribution is -0.124. The van der Waals surface area contributed by atoms with Crippen LogP contribution < -0.4 is 5.32 Å². The van der Waals surface area contributed by atoms with Crippen LogP contribution in [0.25, 0.3) is 0 Å². The molecule has 0 saturated carbocycles. The highest BCUT2D eigenvalue weighted by molar-refractivity contribution is 7.91. The summed E-state index contributed by atoms with van der Waals surface area (Å²) >= 11 is 0. The van der Waals surface area contributed by atoms with Crippen molar-refractivity contribution in [1.82, 2.24) is 5.32 Å². The van der Waals surface area contributed by atoms with Crippen molar-refractivity contribution in [2.24, 2.45) is 11.3 Å². The molecule has 1 saturated heterocycles. The van der Waals surface area contributed by atoms with E-state index in [2.05, 4.69) is 5.32 Å². The Morgan fingerprint density at radius 2 is 2.06 bits per heavy atom. The SMILES string of the molecule is CC(C)(C)CC(O)CNC(=O)C1CCS(=O)(=O)C1. The molecule has 0 bridgehead atoms. The Labute approximate surface area is 109 Å². The fourth-order valence-electron chi connectivity index (χ4n) is 2.14. The van der Waals surface area contributed by atoms with E-state index < -0.39 is 21.9 Å². The second kappa shape index (κ2) is 5.57. The molecule has 0 radical (unpaired) electrons. The first-order valence-electron chi connectivity index (χ1n) is 6.25. The van der Waals surface area contributed by atoms with Gasteiger partial charge in [0.2, 0.25) is 5.91 Å². The maximum absolute atomic E-state index is 11.7. The number of carbonyl (C=O) groups is 1. The topological polar surface area (TPSA) is 83.5 Å². The van der Waals surface area contributed by atoms with Crippen LogP contribution in [0.3, 0.4) is 0 Å². The summed E-state index contributed by atoms with van der Waals surface area (Å²) in [5.74, 6) is -0.676. The van der Waals surface area contributed by atoms with Gasteiger partial charge in [-0.1, -0.05) is 20.8 Å². The number of hydrogen-bond donors (Lipinski definition) is 2. The van der Waals surface area contributed by atoms with Crippen LogP contribution in [-0.2, 0) is 14.6 Å². The van der Waals surface area contributed by atoms with E-state index in [1.54, 1.807) is 0 Å². The van der Waals surface area contributed by atoms with Gasteiger partial charge in [-0.3, -0.25) is 4.79 Å². The van der Waals surface area contributed by atoms with Crippen LogP contribution in [0.15, 0.2) is 0 Å². The number of amides is 1. The highest BCUT2D eigenvalue weighted by Crippen LogP contribution is 2.21. The highest BCUT2D eigenvalue weighted by Gasteiger charge is 2.33. The summed E-state index contributed by atoms with van der Waals surface area (Å²) in [5, 5.41) is 12.4. The monoisotopic (exact) mass is 277 g/mol. The molecule has 2 unspecified atom stereocenters. The molecule has 0 spiro atoms. The first-order valence-corrected chi connectivity index (χ1v) is 8.07. The van der Waals surface area contributed by atoms with E-state index in [0.717, 1.165) is 0 Å². The lowest BCUT2D eigenvalue weighted by Crippen LogP contribution is -2.38. The molecule has 0 aromatic heterocycles. The minimum atomic E-state index is -3.03. The van der Waals surface area contributed by atoms with E-state index in [1.165, 1.54) is 0 Å². The third kappa shape index (κ3) is 5.35. The van der Waals surface area contributed by atoms with Gasteiger partial charge < -0.3 is 10.4 Å². The summed E-state index contributed by atoms with van der Waals surface area (Å²) in [6.45, 7) is 6.23. The summed E-state index contributed by atoms with van der Waals surface area (Å²) in [6.07, 6.45) is 0.395. The Morgan fingerprint density at radius 3 is 2.50 bits per heavy atom. The lowest BCUT2D eigenvalue weighted by Gasteiger charge is -2.22. The zero-order chi connectivity index (χ0) is 14.0. The Bertz CT molecular complexity index is 397. The predicted molar refractivity (Wildman–Crippen MR) is 69.8 cm³/mol. The molecular formula is C12H23NO4S. The van der Waals surface area contributed by atoms with E-state index >= 15 is 0 Å². The van der Waals surface area contributed by atoms with Crippen molar-refractivity contribution < 1.29 is 18.3 Å². The van der Waals surface area contributed by atoms with Gasteiger partial charge in [0.1, 0.15) is 0 Å². The smallest absolute Gasteiger partial charge is 0.224 e. The molecule has 1 amide bonds. The summed E-state index contributed by atoms with van der Waals surface area (Å²) in [5.41, 5.74) is 0.000835. The number of nitrogens with one attached hydrogen (secondary N) is 1. The molecule has 6 heteroatoms. The molecule has 2 N–H and O–H groups in total. The zero-order valence-electron chi connectivity index (χ0n) is 11.3. The Morgan fingerprint density at radius 1 is 1.44 bits per heavy atom. The second-order valence-electron chi connectivity index (χ2n) is 6.26. The molecule has 1 rings (SSSR count). The summed E-state index contributed by atoms with van der Waals surface area (Å²) in [4.78, 5) is 11.7.